The van der Waals surface area contributed by atoms with Gasteiger partial charge in [0.25, 0.3) is 0 Å². The zero-order valence-corrected chi connectivity index (χ0v) is 10.2. The summed E-state index contributed by atoms with van der Waals surface area (Å²) in [5.41, 5.74) is 2.40. The van der Waals surface area contributed by atoms with Gasteiger partial charge in [-0.2, -0.15) is 16.9 Å². The van der Waals surface area contributed by atoms with Crippen molar-refractivity contribution >= 4 is 11.8 Å². The highest BCUT2D eigenvalue weighted by Crippen LogP contribution is 2.13. The number of aryl methyl sites for hydroxylation is 1. The first-order valence-corrected chi connectivity index (χ1v) is 6.33. The highest BCUT2D eigenvalue weighted by molar-refractivity contribution is 7.99. The summed E-state index contributed by atoms with van der Waals surface area (Å²) in [6.45, 7) is 8.92. The molecule has 0 fully saturated rings. The molecule has 0 aliphatic heterocycles. The molecule has 1 atom stereocenters. The van der Waals surface area contributed by atoms with Crippen molar-refractivity contribution in [1.82, 2.24) is 15.5 Å². The quantitative estimate of drug-likeness (QED) is 0.552. The molecular formula is C11H19N3S. The van der Waals surface area contributed by atoms with Gasteiger partial charge < -0.3 is 5.32 Å². The topological polar surface area (TPSA) is 40.7 Å². The van der Waals surface area contributed by atoms with Gasteiger partial charge in [-0.05, 0) is 13.8 Å². The van der Waals surface area contributed by atoms with Crippen LogP contribution in [0.4, 0.5) is 0 Å². The molecular weight excluding hydrogens is 206 g/mol. The van der Waals surface area contributed by atoms with Crippen LogP contribution in [-0.2, 0) is 0 Å². The zero-order chi connectivity index (χ0) is 11.1. The SMILES string of the molecule is C=CCSCCNC(C)c1cn[nH]c1C. The fourth-order valence-corrected chi connectivity index (χ4v) is 2.02. The van der Waals surface area contributed by atoms with Crippen molar-refractivity contribution in [2.24, 2.45) is 0 Å². The van der Waals surface area contributed by atoms with Crippen LogP contribution < -0.4 is 5.32 Å². The van der Waals surface area contributed by atoms with Crippen LogP contribution in [0.2, 0.25) is 0 Å². The summed E-state index contributed by atoms with van der Waals surface area (Å²) in [6.07, 6.45) is 3.83. The Kier molecular flexibility index (Phi) is 5.50. The molecule has 0 saturated carbocycles. The fourth-order valence-electron chi connectivity index (χ4n) is 1.42. The van der Waals surface area contributed by atoms with E-state index in [-0.39, 0.29) is 0 Å². The normalized spacial score (nSPS) is 12.7. The van der Waals surface area contributed by atoms with Crippen LogP contribution in [0.3, 0.4) is 0 Å². The average Bonchev–Trinajstić information content (AvgIpc) is 2.64. The Balaban J connectivity index is 2.22. The van der Waals surface area contributed by atoms with E-state index < -0.39 is 0 Å². The molecule has 0 aromatic carbocycles. The number of aromatic nitrogens is 2. The predicted octanol–water partition coefficient (Wildman–Crippen LogP) is 2.29. The van der Waals surface area contributed by atoms with Crippen molar-refractivity contribution in [3.8, 4) is 0 Å². The van der Waals surface area contributed by atoms with Gasteiger partial charge in [0.05, 0.1) is 6.20 Å². The van der Waals surface area contributed by atoms with E-state index >= 15 is 0 Å². The number of rotatable bonds is 7. The molecule has 0 aliphatic carbocycles. The lowest BCUT2D eigenvalue weighted by molar-refractivity contribution is 0.599. The Labute approximate surface area is 95.7 Å². The van der Waals surface area contributed by atoms with E-state index in [1.807, 2.05) is 31.0 Å². The van der Waals surface area contributed by atoms with E-state index in [9.17, 15) is 0 Å². The van der Waals surface area contributed by atoms with Gasteiger partial charge >= 0.3 is 0 Å². The molecule has 0 saturated heterocycles. The van der Waals surface area contributed by atoms with E-state index in [0.717, 1.165) is 23.7 Å². The van der Waals surface area contributed by atoms with Gasteiger partial charge in [0, 0.05) is 35.3 Å². The molecule has 2 N–H and O–H groups in total. The Morgan fingerprint density at radius 3 is 3.13 bits per heavy atom. The monoisotopic (exact) mass is 225 g/mol. The minimum absolute atomic E-state index is 0.369. The highest BCUT2D eigenvalue weighted by Gasteiger charge is 2.08. The van der Waals surface area contributed by atoms with Crippen LogP contribution in [0.25, 0.3) is 0 Å². The Morgan fingerprint density at radius 1 is 1.73 bits per heavy atom. The molecule has 1 unspecified atom stereocenters. The maximum absolute atomic E-state index is 4.02. The smallest absolute Gasteiger partial charge is 0.0537 e. The second-order valence-corrected chi connectivity index (χ2v) is 4.64. The number of thioether (sulfide) groups is 1. The van der Waals surface area contributed by atoms with E-state index in [1.54, 1.807) is 0 Å². The van der Waals surface area contributed by atoms with Crippen molar-refractivity contribution < 1.29 is 0 Å². The fraction of sp³-hybridized carbons (Fsp3) is 0.545. The first-order valence-electron chi connectivity index (χ1n) is 5.17. The number of nitrogens with zero attached hydrogens (tertiary/aromatic N) is 1. The Morgan fingerprint density at radius 2 is 2.53 bits per heavy atom. The van der Waals surface area contributed by atoms with Crippen LogP contribution in [0.5, 0.6) is 0 Å². The van der Waals surface area contributed by atoms with Gasteiger partial charge in [-0.15, -0.1) is 6.58 Å². The van der Waals surface area contributed by atoms with Crippen LogP contribution in [0.1, 0.15) is 24.2 Å². The van der Waals surface area contributed by atoms with Crippen LogP contribution in [-0.4, -0.2) is 28.2 Å². The summed E-state index contributed by atoms with van der Waals surface area (Å²) in [6, 6.07) is 0.369. The minimum atomic E-state index is 0.369. The third-order valence-corrected chi connectivity index (χ3v) is 3.23. The summed E-state index contributed by atoms with van der Waals surface area (Å²) in [5, 5.41) is 10.4. The van der Waals surface area contributed by atoms with Crippen LogP contribution in [0.15, 0.2) is 18.9 Å². The molecule has 0 amide bonds. The van der Waals surface area contributed by atoms with Crippen molar-refractivity contribution in [2.45, 2.75) is 19.9 Å². The number of aromatic amines is 1. The second kappa shape index (κ2) is 6.69. The molecule has 0 bridgehead atoms. The minimum Gasteiger partial charge on any atom is -0.309 e. The van der Waals surface area contributed by atoms with E-state index in [1.165, 1.54) is 5.56 Å². The van der Waals surface area contributed by atoms with E-state index in [2.05, 4.69) is 29.0 Å². The zero-order valence-electron chi connectivity index (χ0n) is 9.42. The van der Waals surface area contributed by atoms with Crippen molar-refractivity contribution in [3.05, 3.63) is 30.1 Å². The number of hydrogen-bond donors (Lipinski definition) is 2. The first-order chi connectivity index (χ1) is 7.25. The molecule has 1 aromatic rings. The lowest BCUT2D eigenvalue weighted by Gasteiger charge is -2.12. The maximum Gasteiger partial charge on any atom is 0.0537 e. The van der Waals surface area contributed by atoms with Crippen molar-refractivity contribution in [1.29, 1.82) is 0 Å². The number of H-pyrrole nitrogens is 1. The molecule has 0 aliphatic rings. The summed E-state index contributed by atoms with van der Waals surface area (Å²) in [5.74, 6) is 2.15. The molecule has 15 heavy (non-hydrogen) atoms. The molecule has 0 spiro atoms. The molecule has 3 nitrogen and oxygen atoms in total. The van der Waals surface area contributed by atoms with Gasteiger partial charge in [0.15, 0.2) is 0 Å². The molecule has 1 rings (SSSR count). The van der Waals surface area contributed by atoms with Crippen molar-refractivity contribution in [3.63, 3.8) is 0 Å². The summed E-state index contributed by atoms with van der Waals surface area (Å²) < 4.78 is 0. The maximum atomic E-state index is 4.02. The molecule has 1 heterocycles. The van der Waals surface area contributed by atoms with Crippen LogP contribution >= 0.6 is 11.8 Å². The third-order valence-electron chi connectivity index (χ3n) is 2.27. The lowest BCUT2D eigenvalue weighted by atomic mass is 10.1. The number of nitrogens with one attached hydrogen (secondary N) is 2. The van der Waals surface area contributed by atoms with Gasteiger partial charge in [-0.1, -0.05) is 6.08 Å². The first kappa shape index (κ1) is 12.3. The Bertz CT molecular complexity index is 296. The predicted molar refractivity (Wildman–Crippen MR) is 67.3 cm³/mol. The highest BCUT2D eigenvalue weighted by atomic mass is 32.2. The van der Waals surface area contributed by atoms with Crippen molar-refractivity contribution in [2.75, 3.05) is 18.1 Å². The van der Waals surface area contributed by atoms with Gasteiger partial charge in [0.1, 0.15) is 0 Å². The van der Waals surface area contributed by atoms with E-state index in [4.69, 9.17) is 0 Å². The molecule has 84 valence electrons. The molecule has 1 aromatic heterocycles. The summed E-state index contributed by atoms with van der Waals surface area (Å²) in [4.78, 5) is 0. The van der Waals surface area contributed by atoms with Gasteiger partial charge in [-0.25, -0.2) is 0 Å². The molecule has 4 heteroatoms. The van der Waals surface area contributed by atoms with E-state index in [0.29, 0.717) is 6.04 Å². The summed E-state index contributed by atoms with van der Waals surface area (Å²) in [7, 11) is 0. The summed E-state index contributed by atoms with van der Waals surface area (Å²) >= 11 is 1.89. The second-order valence-electron chi connectivity index (χ2n) is 3.49. The number of hydrogen-bond acceptors (Lipinski definition) is 3. The molecule has 0 radical (unpaired) electrons. The lowest BCUT2D eigenvalue weighted by Crippen LogP contribution is -2.21. The van der Waals surface area contributed by atoms with Gasteiger partial charge in [0.2, 0.25) is 0 Å². The Hall–Kier alpha value is -0.740. The van der Waals surface area contributed by atoms with Crippen LogP contribution in [0, 0.1) is 6.92 Å². The largest absolute Gasteiger partial charge is 0.309 e. The van der Waals surface area contributed by atoms with Gasteiger partial charge in [-0.3, -0.25) is 5.10 Å². The third kappa shape index (κ3) is 4.10. The standard InChI is InChI=1S/C11H19N3S/c1-4-6-15-7-5-12-9(2)11-8-13-14-10(11)3/h4,8-9,12H,1,5-7H2,2-3H3,(H,13,14). The average molecular weight is 225 g/mol.